The second-order valence-corrected chi connectivity index (χ2v) is 5.24. The maximum Gasteiger partial charge on any atom is 0.254 e. The van der Waals surface area contributed by atoms with Crippen LogP contribution in [0.15, 0.2) is 12.1 Å². The average molecular weight is 277 g/mol. The summed E-state index contributed by atoms with van der Waals surface area (Å²) in [5.41, 5.74) is 1.69. The van der Waals surface area contributed by atoms with Crippen LogP contribution in [0.4, 0.5) is 5.82 Å². The van der Waals surface area contributed by atoms with Gasteiger partial charge in [-0.2, -0.15) is 0 Å². The third kappa shape index (κ3) is 4.22. The molecule has 112 valence electrons. The van der Waals surface area contributed by atoms with Crippen molar-refractivity contribution in [3.63, 3.8) is 0 Å². The molecule has 0 radical (unpaired) electrons. The number of hydrogen-bond acceptors (Lipinski definition) is 3. The van der Waals surface area contributed by atoms with Crippen LogP contribution < -0.4 is 5.32 Å². The molecule has 0 aliphatic carbocycles. The Hall–Kier alpha value is -1.58. The first-order valence-electron chi connectivity index (χ1n) is 7.58. The fourth-order valence-corrected chi connectivity index (χ4v) is 2.10. The number of amides is 1. The number of carbonyl (C=O) groups is 1. The Bertz CT molecular complexity index is 443. The molecule has 0 atom stereocenters. The van der Waals surface area contributed by atoms with Gasteiger partial charge in [0.15, 0.2) is 0 Å². The molecule has 1 amide bonds. The molecule has 0 bridgehead atoms. The third-order valence-corrected chi connectivity index (χ3v) is 3.20. The fraction of sp³-hybridized carbons (Fsp3) is 0.625. The topological polar surface area (TPSA) is 45.2 Å². The number of rotatable bonds is 7. The zero-order chi connectivity index (χ0) is 15.1. The van der Waals surface area contributed by atoms with Gasteiger partial charge in [-0.15, -0.1) is 0 Å². The van der Waals surface area contributed by atoms with Crippen molar-refractivity contribution in [2.75, 3.05) is 25.0 Å². The first kappa shape index (κ1) is 16.5. The monoisotopic (exact) mass is 277 g/mol. The number of nitrogens with one attached hydrogen (secondary N) is 1. The molecule has 1 N–H and O–H groups in total. The van der Waals surface area contributed by atoms with E-state index in [0.29, 0.717) is 5.92 Å². The van der Waals surface area contributed by atoms with Crippen LogP contribution in [0.1, 0.15) is 63.0 Å². The minimum absolute atomic E-state index is 0.0952. The summed E-state index contributed by atoms with van der Waals surface area (Å²) in [6.45, 7) is 12.7. The van der Waals surface area contributed by atoms with E-state index < -0.39 is 0 Å². The molecule has 1 rings (SSSR count). The standard InChI is InChI=1S/C16H27N3O/c1-6-9-19(8-3)16(20)13-10-14(12(4)5)18-15(11-13)17-7-2/h10-12H,6-9H2,1-5H3,(H,17,18). The molecule has 1 aromatic heterocycles. The molecule has 0 unspecified atom stereocenters. The van der Waals surface area contributed by atoms with E-state index in [0.717, 1.165) is 43.1 Å². The number of pyridine rings is 1. The Morgan fingerprint density at radius 1 is 1.30 bits per heavy atom. The van der Waals surface area contributed by atoms with Crippen molar-refractivity contribution in [1.82, 2.24) is 9.88 Å². The van der Waals surface area contributed by atoms with E-state index >= 15 is 0 Å². The number of nitrogens with zero attached hydrogens (tertiary/aromatic N) is 2. The van der Waals surface area contributed by atoms with Crippen LogP contribution in [0.5, 0.6) is 0 Å². The Labute approximate surface area is 122 Å². The first-order valence-corrected chi connectivity index (χ1v) is 7.58. The molecule has 0 aliphatic rings. The Balaban J connectivity index is 3.11. The minimum Gasteiger partial charge on any atom is -0.370 e. The largest absolute Gasteiger partial charge is 0.370 e. The van der Waals surface area contributed by atoms with Crippen LogP contribution in [0.25, 0.3) is 0 Å². The van der Waals surface area contributed by atoms with Crippen molar-refractivity contribution in [3.05, 3.63) is 23.4 Å². The van der Waals surface area contributed by atoms with Gasteiger partial charge in [0.1, 0.15) is 5.82 Å². The van der Waals surface area contributed by atoms with Gasteiger partial charge in [-0.1, -0.05) is 20.8 Å². The summed E-state index contributed by atoms with van der Waals surface area (Å²) in [5, 5.41) is 3.21. The summed E-state index contributed by atoms with van der Waals surface area (Å²) >= 11 is 0. The molecule has 0 saturated heterocycles. The number of anilines is 1. The van der Waals surface area contributed by atoms with Crippen LogP contribution in [-0.2, 0) is 0 Å². The van der Waals surface area contributed by atoms with Gasteiger partial charge in [0.25, 0.3) is 5.91 Å². The Kier molecular flexibility index (Phi) is 6.49. The molecule has 1 heterocycles. The highest BCUT2D eigenvalue weighted by molar-refractivity contribution is 5.95. The van der Waals surface area contributed by atoms with E-state index in [1.54, 1.807) is 0 Å². The molecule has 1 aromatic rings. The summed E-state index contributed by atoms with van der Waals surface area (Å²) in [5.74, 6) is 1.19. The second-order valence-electron chi connectivity index (χ2n) is 5.24. The predicted molar refractivity (Wildman–Crippen MR) is 84.4 cm³/mol. The summed E-state index contributed by atoms with van der Waals surface area (Å²) in [6, 6.07) is 3.78. The van der Waals surface area contributed by atoms with Gasteiger partial charge >= 0.3 is 0 Å². The van der Waals surface area contributed by atoms with Crippen LogP contribution >= 0.6 is 0 Å². The lowest BCUT2D eigenvalue weighted by Crippen LogP contribution is -2.31. The smallest absolute Gasteiger partial charge is 0.254 e. The highest BCUT2D eigenvalue weighted by Crippen LogP contribution is 2.19. The maximum absolute atomic E-state index is 12.6. The first-order chi connectivity index (χ1) is 9.53. The molecular formula is C16H27N3O. The van der Waals surface area contributed by atoms with Gasteiger partial charge in [0.05, 0.1) is 0 Å². The second kappa shape index (κ2) is 7.88. The van der Waals surface area contributed by atoms with E-state index in [4.69, 9.17) is 0 Å². The third-order valence-electron chi connectivity index (χ3n) is 3.20. The van der Waals surface area contributed by atoms with Crippen LogP contribution in [0.2, 0.25) is 0 Å². The summed E-state index contributed by atoms with van der Waals surface area (Å²) in [4.78, 5) is 19.0. The zero-order valence-corrected chi connectivity index (χ0v) is 13.4. The van der Waals surface area contributed by atoms with Crippen molar-refractivity contribution in [3.8, 4) is 0 Å². The van der Waals surface area contributed by atoms with Gasteiger partial charge in [0.2, 0.25) is 0 Å². The highest BCUT2D eigenvalue weighted by Gasteiger charge is 2.16. The number of hydrogen-bond donors (Lipinski definition) is 1. The van der Waals surface area contributed by atoms with Gasteiger partial charge in [-0.05, 0) is 38.3 Å². The molecule has 0 aliphatic heterocycles. The van der Waals surface area contributed by atoms with Crippen LogP contribution in [-0.4, -0.2) is 35.4 Å². The molecule has 0 fully saturated rings. The predicted octanol–water partition coefficient (Wildman–Crippen LogP) is 3.51. The van der Waals surface area contributed by atoms with Crippen LogP contribution in [0.3, 0.4) is 0 Å². The van der Waals surface area contributed by atoms with E-state index in [1.165, 1.54) is 0 Å². The average Bonchev–Trinajstić information content (AvgIpc) is 2.44. The summed E-state index contributed by atoms with van der Waals surface area (Å²) in [6.07, 6.45) is 0.974. The van der Waals surface area contributed by atoms with Crippen molar-refractivity contribution < 1.29 is 4.79 Å². The normalized spacial score (nSPS) is 10.7. The lowest BCUT2D eigenvalue weighted by atomic mass is 10.1. The van der Waals surface area contributed by atoms with Gasteiger partial charge < -0.3 is 10.2 Å². The van der Waals surface area contributed by atoms with Crippen LogP contribution in [0, 0.1) is 0 Å². The van der Waals surface area contributed by atoms with Gasteiger partial charge in [-0.3, -0.25) is 4.79 Å². The van der Waals surface area contributed by atoms with Gasteiger partial charge in [0, 0.05) is 30.9 Å². The minimum atomic E-state index is 0.0952. The van der Waals surface area contributed by atoms with E-state index in [2.05, 4.69) is 31.1 Å². The molecular weight excluding hydrogens is 250 g/mol. The fourth-order valence-electron chi connectivity index (χ4n) is 2.10. The highest BCUT2D eigenvalue weighted by atomic mass is 16.2. The van der Waals surface area contributed by atoms with E-state index in [9.17, 15) is 4.79 Å². The number of carbonyl (C=O) groups excluding carboxylic acids is 1. The Morgan fingerprint density at radius 3 is 2.50 bits per heavy atom. The van der Waals surface area contributed by atoms with Gasteiger partial charge in [-0.25, -0.2) is 4.98 Å². The molecule has 0 aromatic carbocycles. The zero-order valence-electron chi connectivity index (χ0n) is 13.4. The van der Waals surface area contributed by atoms with E-state index in [-0.39, 0.29) is 5.91 Å². The molecule has 20 heavy (non-hydrogen) atoms. The number of aromatic nitrogens is 1. The summed E-state index contributed by atoms with van der Waals surface area (Å²) in [7, 11) is 0. The van der Waals surface area contributed by atoms with Crippen molar-refractivity contribution in [1.29, 1.82) is 0 Å². The van der Waals surface area contributed by atoms with Crippen molar-refractivity contribution in [2.24, 2.45) is 0 Å². The quantitative estimate of drug-likeness (QED) is 0.829. The maximum atomic E-state index is 12.6. The van der Waals surface area contributed by atoms with E-state index in [1.807, 2.05) is 30.9 Å². The lowest BCUT2D eigenvalue weighted by molar-refractivity contribution is 0.0764. The van der Waals surface area contributed by atoms with Crippen molar-refractivity contribution >= 4 is 11.7 Å². The molecule has 0 saturated carbocycles. The Morgan fingerprint density at radius 2 is 2.00 bits per heavy atom. The molecule has 4 nitrogen and oxygen atoms in total. The molecule has 4 heteroatoms. The summed E-state index contributed by atoms with van der Waals surface area (Å²) < 4.78 is 0. The lowest BCUT2D eigenvalue weighted by Gasteiger charge is -2.21. The molecule has 0 spiro atoms. The SMILES string of the molecule is CCCN(CC)C(=O)c1cc(NCC)nc(C(C)C)c1. The van der Waals surface area contributed by atoms with Crippen molar-refractivity contribution in [2.45, 2.75) is 47.0 Å².